The highest BCUT2D eigenvalue weighted by Crippen LogP contribution is 2.17. The second kappa shape index (κ2) is 12.0. The van der Waals surface area contributed by atoms with Gasteiger partial charge in [0.25, 0.3) is 0 Å². The summed E-state index contributed by atoms with van der Waals surface area (Å²) in [7, 11) is 5.79. The first-order valence-electron chi connectivity index (χ1n) is 9.28. The molecule has 0 fully saturated rings. The Labute approximate surface area is 184 Å². The molecule has 1 heterocycles. The first kappa shape index (κ1) is 24.4. The van der Waals surface area contributed by atoms with Crippen molar-refractivity contribution < 1.29 is 4.39 Å². The molecule has 0 aliphatic carbocycles. The minimum Gasteiger partial charge on any atom is -0.356 e. The fourth-order valence-corrected chi connectivity index (χ4v) is 3.03. The first-order chi connectivity index (χ1) is 12.9. The number of guanidine groups is 1. The Balaban J connectivity index is 0.00000392. The van der Waals surface area contributed by atoms with Crippen molar-refractivity contribution in [1.29, 1.82) is 0 Å². The Hall–Kier alpha value is -1.68. The summed E-state index contributed by atoms with van der Waals surface area (Å²) in [6.07, 6.45) is 0.956. The zero-order chi connectivity index (χ0) is 19.8. The van der Waals surface area contributed by atoms with Gasteiger partial charge in [-0.25, -0.2) is 4.39 Å². The molecule has 0 saturated heterocycles. The number of benzene rings is 1. The number of aromatic nitrogens is 2. The number of hydrogen-bond donors (Lipinski definition) is 2. The number of aliphatic imine (C=N–C) groups is 1. The average Bonchev–Trinajstić information content (AvgIpc) is 2.95. The lowest BCUT2D eigenvalue weighted by Gasteiger charge is -2.26. The molecule has 6 nitrogen and oxygen atoms in total. The molecular weight excluding hydrogens is 470 g/mol. The highest BCUT2D eigenvalue weighted by atomic mass is 127. The molecule has 8 heteroatoms. The summed E-state index contributed by atoms with van der Waals surface area (Å²) in [6.45, 7) is 6.44. The Morgan fingerprint density at radius 1 is 1.21 bits per heavy atom. The van der Waals surface area contributed by atoms with Gasteiger partial charge in [0, 0.05) is 32.4 Å². The lowest BCUT2D eigenvalue weighted by molar-refractivity contribution is 0.298. The molecule has 2 N–H and O–H groups in total. The van der Waals surface area contributed by atoms with Gasteiger partial charge in [-0.15, -0.1) is 24.0 Å². The van der Waals surface area contributed by atoms with Crippen LogP contribution in [-0.4, -0.2) is 54.9 Å². The molecule has 0 spiro atoms. The minimum absolute atomic E-state index is 0. The normalized spacial score (nSPS) is 12.6. The van der Waals surface area contributed by atoms with Gasteiger partial charge in [0.15, 0.2) is 5.96 Å². The van der Waals surface area contributed by atoms with Crippen molar-refractivity contribution >= 4 is 29.9 Å². The Kier molecular flexibility index (Phi) is 10.4. The second-order valence-electron chi connectivity index (χ2n) is 6.91. The van der Waals surface area contributed by atoms with Crippen molar-refractivity contribution in [3.63, 3.8) is 0 Å². The van der Waals surface area contributed by atoms with Crippen LogP contribution in [-0.2, 0) is 6.54 Å². The predicted molar refractivity (Wildman–Crippen MR) is 124 cm³/mol. The van der Waals surface area contributed by atoms with Gasteiger partial charge in [-0.1, -0.05) is 12.1 Å². The number of nitrogens with one attached hydrogen (secondary N) is 2. The number of rotatable bonds is 8. The molecule has 1 aromatic heterocycles. The summed E-state index contributed by atoms with van der Waals surface area (Å²) in [6, 6.07) is 8.86. The molecule has 1 aromatic carbocycles. The van der Waals surface area contributed by atoms with Crippen molar-refractivity contribution in [3.8, 4) is 0 Å². The van der Waals surface area contributed by atoms with Crippen LogP contribution in [0.15, 0.2) is 35.3 Å². The third-order valence-corrected chi connectivity index (χ3v) is 4.51. The summed E-state index contributed by atoms with van der Waals surface area (Å²) in [4.78, 5) is 6.39. The molecule has 0 saturated carbocycles. The molecule has 2 rings (SSSR count). The van der Waals surface area contributed by atoms with Crippen molar-refractivity contribution in [2.45, 2.75) is 32.9 Å². The second-order valence-corrected chi connectivity index (χ2v) is 6.91. The van der Waals surface area contributed by atoms with Gasteiger partial charge in [-0.05, 0) is 58.1 Å². The van der Waals surface area contributed by atoms with Crippen LogP contribution in [0.3, 0.4) is 0 Å². The first-order valence-corrected chi connectivity index (χ1v) is 9.28. The lowest BCUT2D eigenvalue weighted by Crippen LogP contribution is -2.42. The largest absolute Gasteiger partial charge is 0.356 e. The highest BCUT2D eigenvalue weighted by molar-refractivity contribution is 14.0. The van der Waals surface area contributed by atoms with Crippen LogP contribution < -0.4 is 10.6 Å². The average molecular weight is 502 g/mol. The maximum absolute atomic E-state index is 13.2. The van der Waals surface area contributed by atoms with Gasteiger partial charge in [0.2, 0.25) is 0 Å². The van der Waals surface area contributed by atoms with Crippen LogP contribution in [0, 0.1) is 19.7 Å². The van der Waals surface area contributed by atoms with E-state index < -0.39 is 0 Å². The van der Waals surface area contributed by atoms with Crippen molar-refractivity contribution in [1.82, 2.24) is 25.3 Å². The van der Waals surface area contributed by atoms with Gasteiger partial charge < -0.3 is 15.5 Å². The van der Waals surface area contributed by atoms with Crippen LogP contribution in [0.25, 0.3) is 0 Å². The molecular formula is C20H32FIN6. The molecule has 0 aliphatic rings. The molecule has 0 aliphatic heterocycles. The number of halogens is 2. The van der Waals surface area contributed by atoms with E-state index in [0.717, 1.165) is 36.7 Å². The van der Waals surface area contributed by atoms with Crippen molar-refractivity contribution in [3.05, 3.63) is 53.1 Å². The van der Waals surface area contributed by atoms with Crippen LogP contribution in [0.2, 0.25) is 0 Å². The van der Waals surface area contributed by atoms with Crippen LogP contribution in [0.5, 0.6) is 0 Å². The fraction of sp³-hybridized carbons (Fsp3) is 0.500. The van der Waals surface area contributed by atoms with Crippen LogP contribution in [0.4, 0.5) is 4.39 Å². The molecule has 1 atom stereocenters. The number of hydrogen-bond acceptors (Lipinski definition) is 3. The molecule has 0 radical (unpaired) electrons. The van der Waals surface area contributed by atoms with Crippen molar-refractivity contribution in [2.75, 3.05) is 34.2 Å². The van der Waals surface area contributed by atoms with Gasteiger partial charge in [-0.2, -0.15) is 5.10 Å². The minimum atomic E-state index is -0.218. The van der Waals surface area contributed by atoms with Gasteiger partial charge >= 0.3 is 0 Å². The topological polar surface area (TPSA) is 57.5 Å². The number of aryl methyl sites for hydroxylation is 3. The summed E-state index contributed by atoms with van der Waals surface area (Å²) in [5, 5.41) is 11.2. The molecule has 156 valence electrons. The summed E-state index contributed by atoms with van der Waals surface area (Å²) in [5.41, 5.74) is 3.30. The zero-order valence-electron chi connectivity index (χ0n) is 17.4. The van der Waals surface area contributed by atoms with E-state index in [1.165, 1.54) is 17.8 Å². The van der Waals surface area contributed by atoms with E-state index in [4.69, 9.17) is 0 Å². The molecule has 28 heavy (non-hydrogen) atoms. The molecule has 2 aromatic rings. The molecule has 1 unspecified atom stereocenters. The lowest BCUT2D eigenvalue weighted by atomic mass is 10.1. The molecule has 0 bridgehead atoms. The smallest absolute Gasteiger partial charge is 0.191 e. The maximum Gasteiger partial charge on any atom is 0.191 e. The Morgan fingerprint density at radius 3 is 2.43 bits per heavy atom. The third-order valence-electron chi connectivity index (χ3n) is 4.51. The van der Waals surface area contributed by atoms with E-state index in [2.05, 4.69) is 38.6 Å². The standard InChI is InChI=1S/C20H31FN6.HI/c1-15-13-16(2)27(25-15)12-6-11-23-20(22-3)24-14-19(26(4)5)17-7-9-18(21)10-8-17;/h7-10,13,19H,6,11-12,14H2,1-5H3,(H2,22,23,24);1H. The Morgan fingerprint density at radius 2 is 1.89 bits per heavy atom. The molecule has 0 amide bonds. The van der Waals surface area contributed by atoms with Crippen molar-refractivity contribution in [2.24, 2.45) is 4.99 Å². The van der Waals surface area contributed by atoms with E-state index >= 15 is 0 Å². The quantitative estimate of drug-likeness (QED) is 0.252. The Bertz CT molecular complexity index is 742. The highest BCUT2D eigenvalue weighted by Gasteiger charge is 2.14. The van der Waals surface area contributed by atoms with Crippen LogP contribution in [0.1, 0.15) is 29.4 Å². The maximum atomic E-state index is 13.2. The zero-order valence-corrected chi connectivity index (χ0v) is 19.7. The van der Waals surface area contributed by atoms with Crippen LogP contribution >= 0.6 is 24.0 Å². The van der Waals surface area contributed by atoms with Gasteiger partial charge in [-0.3, -0.25) is 9.67 Å². The van der Waals surface area contributed by atoms with Gasteiger partial charge in [0.1, 0.15) is 5.82 Å². The monoisotopic (exact) mass is 502 g/mol. The fourth-order valence-electron chi connectivity index (χ4n) is 3.03. The third kappa shape index (κ3) is 7.38. The van der Waals surface area contributed by atoms with E-state index in [1.54, 1.807) is 7.05 Å². The van der Waals surface area contributed by atoms with E-state index in [-0.39, 0.29) is 35.8 Å². The van der Waals surface area contributed by atoms with Gasteiger partial charge in [0.05, 0.1) is 11.7 Å². The SMILES string of the molecule is CN=C(NCCCn1nc(C)cc1C)NCC(c1ccc(F)cc1)N(C)C.I. The summed E-state index contributed by atoms with van der Waals surface area (Å²) < 4.78 is 15.2. The summed E-state index contributed by atoms with van der Waals surface area (Å²) in [5.74, 6) is 0.543. The van der Waals surface area contributed by atoms with E-state index in [1.807, 2.05) is 37.8 Å². The van der Waals surface area contributed by atoms with E-state index in [9.17, 15) is 4.39 Å². The number of likely N-dealkylation sites (N-methyl/N-ethyl adjacent to an activating group) is 1. The summed E-state index contributed by atoms with van der Waals surface area (Å²) >= 11 is 0. The predicted octanol–water partition coefficient (Wildman–Crippen LogP) is 3.12. The van der Waals surface area contributed by atoms with E-state index in [0.29, 0.717) is 6.54 Å². The number of nitrogens with zero attached hydrogens (tertiary/aromatic N) is 4.